The number of carbonyl (C=O) groups excluding carboxylic acids is 2. The molecule has 1 aromatic heterocycles. The monoisotopic (exact) mass is 532 g/mol. The maximum atomic E-state index is 13.5. The van der Waals surface area contributed by atoms with Crippen LogP contribution < -0.4 is 11.1 Å². The molecule has 5 N–H and O–H groups in total. The Bertz CT molecular complexity index is 1240. The first-order chi connectivity index (χ1) is 18.8. The third-order valence-corrected chi connectivity index (χ3v) is 7.04. The fourth-order valence-corrected chi connectivity index (χ4v) is 5.48. The minimum atomic E-state index is -0.0506. The highest BCUT2D eigenvalue weighted by molar-refractivity contribution is 6.18. The van der Waals surface area contributed by atoms with Gasteiger partial charge in [0.1, 0.15) is 0 Å². The fourth-order valence-electron chi connectivity index (χ4n) is 5.48. The van der Waals surface area contributed by atoms with Gasteiger partial charge in [0.05, 0.1) is 11.3 Å². The smallest absolute Gasteiger partial charge is 0.256 e. The zero-order valence-electron chi connectivity index (χ0n) is 24.0. The van der Waals surface area contributed by atoms with E-state index in [-0.39, 0.29) is 24.6 Å². The average Bonchev–Trinajstić information content (AvgIpc) is 3.12. The summed E-state index contributed by atoms with van der Waals surface area (Å²) in [5.74, 6) is -0.0506. The number of hydrogen-bond acceptors (Lipinski definition) is 5. The SMILES string of the molecule is CC.Cc1cc(C(=O)N2CC(C)N[C@@H](C)C2)c(/C=C(\C=O)c2c(N)cccc2C2=CCCCC(CCO)=C2)[nH]1. The Kier molecular flexibility index (Phi) is 10.9. The van der Waals surface area contributed by atoms with Crippen molar-refractivity contribution in [3.63, 3.8) is 0 Å². The maximum absolute atomic E-state index is 13.5. The molecule has 2 aliphatic rings. The summed E-state index contributed by atoms with van der Waals surface area (Å²) in [6, 6.07) is 7.93. The predicted octanol–water partition coefficient (Wildman–Crippen LogP) is 5.37. The highest BCUT2D eigenvalue weighted by Gasteiger charge is 2.27. The van der Waals surface area contributed by atoms with Gasteiger partial charge in [0.25, 0.3) is 5.91 Å². The molecule has 0 saturated carbocycles. The van der Waals surface area contributed by atoms with Gasteiger partial charge in [-0.1, -0.05) is 43.7 Å². The first kappa shape index (κ1) is 30.1. The number of aliphatic hydroxyl groups excluding tert-OH is 1. The molecule has 210 valence electrons. The highest BCUT2D eigenvalue weighted by atomic mass is 16.3. The summed E-state index contributed by atoms with van der Waals surface area (Å²) < 4.78 is 0. The molecule has 1 aromatic carbocycles. The molecule has 1 amide bonds. The number of H-pyrrole nitrogens is 1. The van der Waals surface area contributed by atoms with Crippen molar-refractivity contribution in [3.8, 4) is 0 Å². The van der Waals surface area contributed by atoms with Crippen molar-refractivity contribution in [2.75, 3.05) is 25.4 Å². The lowest BCUT2D eigenvalue weighted by atomic mass is 9.91. The number of aryl methyl sites for hydroxylation is 1. The fraction of sp³-hybridized carbons (Fsp3) is 0.438. The number of allylic oxidation sites excluding steroid dienone is 4. The highest BCUT2D eigenvalue weighted by Crippen LogP contribution is 2.35. The van der Waals surface area contributed by atoms with E-state index in [1.807, 2.05) is 43.9 Å². The molecule has 2 atom stereocenters. The van der Waals surface area contributed by atoms with Gasteiger partial charge < -0.3 is 26.0 Å². The van der Waals surface area contributed by atoms with E-state index >= 15 is 0 Å². The lowest BCUT2D eigenvalue weighted by molar-refractivity contribution is -0.103. The van der Waals surface area contributed by atoms with Crippen LogP contribution in [0, 0.1) is 6.92 Å². The molecular formula is C32H44N4O3. The van der Waals surface area contributed by atoms with E-state index in [4.69, 9.17) is 5.73 Å². The zero-order valence-corrected chi connectivity index (χ0v) is 24.0. The van der Waals surface area contributed by atoms with Gasteiger partial charge in [-0.3, -0.25) is 9.59 Å². The number of nitrogen functional groups attached to an aromatic ring is 1. The molecule has 0 spiro atoms. The molecule has 1 fully saturated rings. The van der Waals surface area contributed by atoms with Crippen LogP contribution in [0.5, 0.6) is 0 Å². The Balaban J connectivity index is 0.00000205. The van der Waals surface area contributed by atoms with E-state index in [1.54, 1.807) is 12.1 Å². The second-order valence-corrected chi connectivity index (χ2v) is 10.3. The lowest BCUT2D eigenvalue weighted by Crippen LogP contribution is -2.55. The van der Waals surface area contributed by atoms with Crippen LogP contribution in [-0.4, -0.2) is 59.0 Å². The van der Waals surface area contributed by atoms with Gasteiger partial charge in [-0.25, -0.2) is 0 Å². The number of carbonyl (C=O) groups is 2. The average molecular weight is 533 g/mol. The van der Waals surface area contributed by atoms with Crippen LogP contribution in [0.2, 0.25) is 0 Å². The molecular weight excluding hydrogens is 488 g/mol. The van der Waals surface area contributed by atoms with Crippen molar-refractivity contribution in [2.24, 2.45) is 0 Å². The third-order valence-electron chi connectivity index (χ3n) is 7.04. The van der Waals surface area contributed by atoms with Crippen LogP contribution in [-0.2, 0) is 4.79 Å². The number of aliphatic hydroxyl groups is 1. The van der Waals surface area contributed by atoms with Gasteiger partial charge in [0, 0.05) is 54.3 Å². The molecule has 1 saturated heterocycles. The van der Waals surface area contributed by atoms with Gasteiger partial charge in [0.2, 0.25) is 0 Å². The summed E-state index contributed by atoms with van der Waals surface area (Å²) >= 11 is 0. The molecule has 1 aliphatic carbocycles. The molecule has 0 radical (unpaired) electrons. The Morgan fingerprint density at radius 3 is 2.59 bits per heavy atom. The van der Waals surface area contributed by atoms with E-state index in [0.717, 1.165) is 42.4 Å². The van der Waals surface area contributed by atoms with E-state index in [0.29, 0.717) is 47.6 Å². The number of aromatic amines is 1. The Morgan fingerprint density at radius 1 is 1.21 bits per heavy atom. The van der Waals surface area contributed by atoms with Crippen molar-refractivity contribution < 1.29 is 14.7 Å². The van der Waals surface area contributed by atoms with Gasteiger partial charge in [0.15, 0.2) is 6.29 Å². The van der Waals surface area contributed by atoms with Crippen LogP contribution in [0.25, 0.3) is 17.2 Å². The number of piperazine rings is 1. The van der Waals surface area contributed by atoms with Crippen LogP contribution in [0.4, 0.5) is 5.69 Å². The first-order valence-corrected chi connectivity index (χ1v) is 14.1. The molecule has 4 rings (SSSR count). The molecule has 7 heteroatoms. The molecule has 1 aliphatic heterocycles. The van der Waals surface area contributed by atoms with E-state index < -0.39 is 0 Å². The second kappa shape index (κ2) is 14.1. The standard InChI is InChI=1S/C30H38N4O3.C2H6/c1-19-13-26(30(37)34-16-20(2)32-21(3)17-34)28(33-19)15-24(18-36)29-25(9-6-10-27(29)31)23-8-5-4-7-22(14-23)11-12-35;1-2/h6,8-10,13-15,18,20-21,32-33,35H,4-5,7,11-12,16-17,31H2,1-3H3;1-2H3/b24-15+;/t20-,21?;/m0./s1. The predicted molar refractivity (Wildman–Crippen MR) is 161 cm³/mol. The minimum Gasteiger partial charge on any atom is -0.398 e. The van der Waals surface area contributed by atoms with Crippen LogP contribution in [0.3, 0.4) is 0 Å². The number of nitrogens with two attached hydrogens (primary N) is 1. The first-order valence-electron chi connectivity index (χ1n) is 14.1. The summed E-state index contributed by atoms with van der Waals surface area (Å²) in [5.41, 5.74) is 13.1. The summed E-state index contributed by atoms with van der Waals surface area (Å²) in [7, 11) is 0. The summed E-state index contributed by atoms with van der Waals surface area (Å²) in [6.45, 7) is 11.4. The number of rotatable bonds is 7. The normalized spacial score (nSPS) is 19.8. The number of anilines is 1. The molecule has 0 bridgehead atoms. The minimum absolute atomic E-state index is 0.0506. The third kappa shape index (κ3) is 7.37. The van der Waals surface area contributed by atoms with Crippen molar-refractivity contribution in [1.82, 2.24) is 15.2 Å². The summed E-state index contributed by atoms with van der Waals surface area (Å²) in [6.07, 6.45) is 10.3. The molecule has 7 nitrogen and oxygen atoms in total. The molecule has 39 heavy (non-hydrogen) atoms. The molecule has 2 heterocycles. The number of aromatic nitrogens is 1. The number of nitrogens with zero attached hydrogens (tertiary/aromatic N) is 1. The second-order valence-electron chi connectivity index (χ2n) is 10.3. The Morgan fingerprint density at radius 2 is 1.92 bits per heavy atom. The molecule has 2 aromatic rings. The quantitative estimate of drug-likeness (QED) is 0.218. The maximum Gasteiger partial charge on any atom is 0.256 e. The Labute approximate surface area is 232 Å². The van der Waals surface area contributed by atoms with Crippen LogP contribution in [0.15, 0.2) is 42.0 Å². The lowest BCUT2D eigenvalue weighted by Gasteiger charge is -2.36. The number of benzene rings is 1. The van der Waals surface area contributed by atoms with Gasteiger partial charge in [-0.2, -0.15) is 0 Å². The van der Waals surface area contributed by atoms with Crippen LogP contribution >= 0.6 is 0 Å². The van der Waals surface area contributed by atoms with E-state index in [1.165, 1.54) is 5.57 Å². The number of aldehydes is 1. The van der Waals surface area contributed by atoms with Gasteiger partial charge in [-0.05, 0) is 75.8 Å². The zero-order chi connectivity index (χ0) is 28.5. The number of amides is 1. The largest absolute Gasteiger partial charge is 0.398 e. The summed E-state index contributed by atoms with van der Waals surface area (Å²) in [5, 5.41) is 12.9. The van der Waals surface area contributed by atoms with Crippen molar-refractivity contribution in [3.05, 3.63) is 70.1 Å². The van der Waals surface area contributed by atoms with Crippen LogP contribution in [0.1, 0.15) is 86.3 Å². The van der Waals surface area contributed by atoms with E-state index in [9.17, 15) is 14.7 Å². The molecule has 1 unspecified atom stereocenters. The van der Waals surface area contributed by atoms with Crippen molar-refractivity contribution in [2.45, 2.75) is 72.4 Å². The number of hydrogen-bond donors (Lipinski definition) is 4. The van der Waals surface area contributed by atoms with Gasteiger partial charge in [-0.15, -0.1) is 0 Å². The van der Waals surface area contributed by atoms with Crippen molar-refractivity contribution >= 4 is 35.1 Å². The van der Waals surface area contributed by atoms with E-state index in [2.05, 4.69) is 36.3 Å². The summed E-state index contributed by atoms with van der Waals surface area (Å²) in [4.78, 5) is 31.2. The van der Waals surface area contributed by atoms with Crippen molar-refractivity contribution in [1.29, 1.82) is 0 Å². The topological polar surface area (TPSA) is 111 Å². The number of nitrogens with one attached hydrogen (secondary N) is 2. The van der Waals surface area contributed by atoms with Gasteiger partial charge >= 0.3 is 0 Å². The Hall–Kier alpha value is -3.42.